The summed E-state index contributed by atoms with van der Waals surface area (Å²) in [4.78, 5) is 106. The Hall–Kier alpha value is -4.92. The lowest BCUT2D eigenvalue weighted by Gasteiger charge is -2.31. The van der Waals surface area contributed by atoms with Crippen LogP contribution in [0.3, 0.4) is 0 Å². The molecule has 1 saturated heterocycles. The van der Waals surface area contributed by atoms with E-state index in [9.17, 15) is 38.7 Å². The molecule has 0 bridgehead atoms. The number of carbonyl (C=O) groups is 7. The summed E-state index contributed by atoms with van der Waals surface area (Å²) in [7, 11) is 0. The number of nitrogens with zero attached hydrogens (tertiary/aromatic N) is 3. The average molecular weight is 837 g/mol. The minimum atomic E-state index is -1.29. The number of aliphatic carboxylic acids is 1. The van der Waals surface area contributed by atoms with Crippen molar-refractivity contribution in [2.24, 2.45) is 34.0 Å². The first-order valence-corrected chi connectivity index (χ1v) is 21.1. The Bertz CT molecular complexity index is 1560. The van der Waals surface area contributed by atoms with Crippen LogP contribution in [0.1, 0.15) is 85.3 Å². The van der Waals surface area contributed by atoms with Gasteiger partial charge in [-0.3, -0.25) is 33.8 Å². The summed E-state index contributed by atoms with van der Waals surface area (Å²) in [6.45, 7) is 9.32. The number of rotatable bonds is 25. The number of guanidine groups is 1. The van der Waals surface area contributed by atoms with Gasteiger partial charge in [-0.2, -0.15) is 11.8 Å². The second kappa shape index (κ2) is 24.8. The van der Waals surface area contributed by atoms with Gasteiger partial charge in [-0.05, 0) is 69.3 Å². The van der Waals surface area contributed by atoms with E-state index in [1.807, 2.05) is 27.0 Å². The number of thioether (sulfide) groups is 1. The zero-order valence-corrected chi connectivity index (χ0v) is 35.2. The molecule has 20 nitrogen and oxygen atoms in total. The van der Waals surface area contributed by atoms with E-state index in [1.165, 1.54) is 36.1 Å². The van der Waals surface area contributed by atoms with Gasteiger partial charge in [0.15, 0.2) is 5.96 Å². The molecule has 0 aliphatic carbocycles. The fourth-order valence-electron chi connectivity index (χ4n) is 6.35. The maximum atomic E-state index is 14.0. The molecule has 13 N–H and O–H groups in total. The van der Waals surface area contributed by atoms with Crippen LogP contribution in [0.25, 0.3) is 0 Å². The minimum Gasteiger partial charge on any atom is -0.480 e. The number of aromatic amines is 1. The van der Waals surface area contributed by atoms with Gasteiger partial charge in [0.05, 0.1) is 12.4 Å². The van der Waals surface area contributed by atoms with Crippen LogP contribution in [0.2, 0.25) is 0 Å². The van der Waals surface area contributed by atoms with Crippen molar-refractivity contribution < 1.29 is 38.7 Å². The van der Waals surface area contributed by atoms with E-state index in [0.29, 0.717) is 37.1 Å². The predicted octanol–water partition coefficient (Wildman–Crippen LogP) is -1.30. The van der Waals surface area contributed by atoms with Crippen LogP contribution < -0.4 is 43.8 Å². The molecule has 21 heteroatoms. The zero-order chi connectivity index (χ0) is 43.5. The summed E-state index contributed by atoms with van der Waals surface area (Å²) in [6, 6.07) is -7.46. The molecule has 0 saturated carbocycles. The average Bonchev–Trinajstić information content (AvgIpc) is 3.88. The number of imidazole rings is 1. The summed E-state index contributed by atoms with van der Waals surface area (Å²) >= 11 is 1.45. The molecule has 8 atom stereocenters. The highest BCUT2D eigenvalue weighted by molar-refractivity contribution is 7.98. The van der Waals surface area contributed by atoms with E-state index in [1.54, 1.807) is 6.92 Å². The van der Waals surface area contributed by atoms with Crippen LogP contribution in [0, 0.1) is 11.8 Å². The van der Waals surface area contributed by atoms with Crippen molar-refractivity contribution in [3.05, 3.63) is 18.2 Å². The van der Waals surface area contributed by atoms with Gasteiger partial charge in [-0.25, -0.2) is 9.78 Å². The number of carbonyl (C=O) groups excluding carboxylic acids is 6. The first kappa shape index (κ1) is 49.2. The Labute approximate surface area is 344 Å². The molecule has 1 aliphatic rings. The topological polar surface area (TPSA) is 322 Å². The fourth-order valence-corrected chi connectivity index (χ4v) is 6.82. The highest BCUT2D eigenvalue weighted by atomic mass is 32.2. The fraction of sp³-hybridized carbons (Fsp3) is 0.703. The van der Waals surface area contributed by atoms with Gasteiger partial charge in [0.1, 0.15) is 36.3 Å². The second-order valence-electron chi connectivity index (χ2n) is 15.1. The lowest BCUT2D eigenvalue weighted by atomic mass is 9.96. The molecule has 8 unspecified atom stereocenters. The monoisotopic (exact) mass is 836 g/mol. The molecule has 1 aromatic rings. The number of nitrogens with two attached hydrogens (primary N) is 3. The van der Waals surface area contributed by atoms with Gasteiger partial charge < -0.3 is 58.8 Å². The second-order valence-corrected chi connectivity index (χ2v) is 16.1. The summed E-state index contributed by atoms with van der Waals surface area (Å²) in [5, 5.41) is 23.3. The van der Waals surface area contributed by atoms with Crippen LogP contribution in [-0.4, -0.2) is 135 Å². The lowest BCUT2D eigenvalue weighted by Crippen LogP contribution is -2.60. The lowest BCUT2D eigenvalue weighted by molar-refractivity contribution is -0.143. The van der Waals surface area contributed by atoms with E-state index in [2.05, 4.69) is 41.5 Å². The number of aliphatic imine (C=N–C) groups is 1. The van der Waals surface area contributed by atoms with Crippen LogP contribution in [0.15, 0.2) is 17.5 Å². The van der Waals surface area contributed by atoms with Crippen molar-refractivity contribution in [2.45, 2.75) is 128 Å². The molecule has 326 valence electrons. The summed E-state index contributed by atoms with van der Waals surface area (Å²) in [5.74, 6) is -4.92. The van der Waals surface area contributed by atoms with Gasteiger partial charge in [-0.1, -0.05) is 34.1 Å². The van der Waals surface area contributed by atoms with E-state index < -0.39 is 89.6 Å². The van der Waals surface area contributed by atoms with Crippen molar-refractivity contribution in [3.63, 3.8) is 0 Å². The number of aromatic nitrogens is 2. The van der Waals surface area contributed by atoms with Crippen LogP contribution in [-0.2, 0) is 40.0 Å². The molecule has 1 fully saturated rings. The molecule has 1 aromatic heterocycles. The van der Waals surface area contributed by atoms with E-state index >= 15 is 0 Å². The normalized spacial score (nSPS) is 17.4. The number of carboxylic acid groups (broad SMARTS) is 1. The number of hydrogen-bond donors (Lipinski definition) is 10. The third-order valence-electron chi connectivity index (χ3n) is 9.78. The van der Waals surface area contributed by atoms with Crippen molar-refractivity contribution in [3.8, 4) is 0 Å². The predicted molar refractivity (Wildman–Crippen MR) is 220 cm³/mol. The molecule has 0 aromatic carbocycles. The Balaban J connectivity index is 2.31. The minimum absolute atomic E-state index is 0.0239. The SMILES string of the molecule is CCC(C)C(NC(=O)C(Cc1cnc[nH]1)NC(=O)C(CCSC)NC(=O)C1CCCN1C(=O)C(CC(C)C)NC(=O)C(C)N)C(=O)NC(CCCN=C(N)N)C(=O)O. The number of amides is 6. The van der Waals surface area contributed by atoms with Crippen molar-refractivity contribution in [2.75, 3.05) is 25.1 Å². The number of hydrogen-bond acceptors (Lipinski definition) is 11. The third-order valence-corrected chi connectivity index (χ3v) is 10.4. The number of likely N-dealkylation sites (tertiary alicyclic amines) is 1. The first-order valence-electron chi connectivity index (χ1n) is 19.7. The molecule has 6 amide bonds. The van der Waals surface area contributed by atoms with Crippen molar-refractivity contribution in [1.82, 2.24) is 41.5 Å². The van der Waals surface area contributed by atoms with Gasteiger partial charge in [-0.15, -0.1) is 0 Å². The van der Waals surface area contributed by atoms with Gasteiger partial charge >= 0.3 is 5.97 Å². The smallest absolute Gasteiger partial charge is 0.326 e. The maximum absolute atomic E-state index is 14.0. The summed E-state index contributed by atoms with van der Waals surface area (Å²) < 4.78 is 0. The zero-order valence-electron chi connectivity index (χ0n) is 34.4. The van der Waals surface area contributed by atoms with E-state index in [4.69, 9.17) is 17.2 Å². The highest BCUT2D eigenvalue weighted by Crippen LogP contribution is 2.21. The maximum Gasteiger partial charge on any atom is 0.326 e. The first-order chi connectivity index (χ1) is 27.4. The molecular formula is C37H64N12O8S. The number of carboxylic acids is 1. The Morgan fingerprint density at radius 1 is 0.931 bits per heavy atom. The van der Waals surface area contributed by atoms with E-state index in [-0.39, 0.29) is 50.7 Å². The highest BCUT2D eigenvalue weighted by Gasteiger charge is 2.40. The van der Waals surface area contributed by atoms with Gasteiger partial charge in [0.2, 0.25) is 35.4 Å². The van der Waals surface area contributed by atoms with Gasteiger partial charge in [0, 0.05) is 31.4 Å². The number of nitrogens with one attached hydrogen (secondary N) is 6. The molecule has 0 radical (unpaired) electrons. The van der Waals surface area contributed by atoms with Gasteiger partial charge in [0.25, 0.3) is 0 Å². The third kappa shape index (κ3) is 16.1. The Morgan fingerprint density at radius 3 is 2.16 bits per heavy atom. The van der Waals surface area contributed by atoms with Crippen molar-refractivity contribution in [1.29, 1.82) is 0 Å². The Morgan fingerprint density at radius 2 is 1.59 bits per heavy atom. The Kier molecular flexibility index (Phi) is 21.0. The largest absolute Gasteiger partial charge is 0.480 e. The molecule has 1 aliphatic heterocycles. The molecule has 2 rings (SSSR count). The van der Waals surface area contributed by atoms with Crippen molar-refractivity contribution >= 4 is 59.1 Å². The van der Waals surface area contributed by atoms with Crippen LogP contribution in [0.4, 0.5) is 0 Å². The molecular weight excluding hydrogens is 773 g/mol. The molecule has 0 spiro atoms. The summed E-state index contributed by atoms with van der Waals surface area (Å²) in [6.07, 6.45) is 6.79. The molecule has 2 heterocycles. The molecule has 58 heavy (non-hydrogen) atoms. The van der Waals surface area contributed by atoms with Crippen LogP contribution in [0.5, 0.6) is 0 Å². The quantitative estimate of drug-likeness (QED) is 0.0312. The standard InChI is InChI=1S/C37H64N12O8S/c1-7-21(4)29(34(54)45-25(36(56)57)10-8-13-42-37(39)40)48-32(52)26(17-23-18-41-19-43-23)46-31(51)24(12-15-58-6)44-33(53)28-11-9-14-49(28)35(55)27(16-20(2)3)47-30(50)22(5)38/h18-22,24-29H,7-17,38H2,1-6H3,(H,41,43)(H,44,53)(H,45,54)(H,46,51)(H,47,50)(H,48,52)(H,56,57)(H4,39,40,42). The number of H-pyrrole nitrogens is 1. The summed E-state index contributed by atoms with van der Waals surface area (Å²) in [5.41, 5.74) is 16.9. The van der Waals surface area contributed by atoms with Crippen LogP contribution >= 0.6 is 11.8 Å². The van der Waals surface area contributed by atoms with E-state index in [0.717, 1.165) is 0 Å².